The fourth-order valence-corrected chi connectivity index (χ4v) is 1.79. The van der Waals surface area contributed by atoms with Gasteiger partial charge in [-0.1, -0.05) is 28.4 Å². The summed E-state index contributed by atoms with van der Waals surface area (Å²) in [6.07, 6.45) is 1.77. The third kappa shape index (κ3) is 2.78. The number of aliphatic hydroxyl groups excluding tert-OH is 1. The lowest BCUT2D eigenvalue weighted by molar-refractivity contribution is 0.259. The predicted molar refractivity (Wildman–Crippen MR) is 66.2 cm³/mol. The Labute approximate surface area is 113 Å². The standard InChI is InChI=1S/C10H10Cl2N4O2/c11-5-3-6(12)8(14-4-5)9-15-10(18-16-9)7(13)1-2-17/h3-4,7,17H,1-2,13H2. The van der Waals surface area contributed by atoms with Crippen LogP contribution in [0.1, 0.15) is 18.4 Å². The zero-order valence-corrected chi connectivity index (χ0v) is 10.7. The molecule has 0 saturated heterocycles. The lowest BCUT2D eigenvalue weighted by atomic mass is 10.2. The number of aromatic nitrogens is 3. The molecule has 2 aromatic rings. The second-order valence-corrected chi connectivity index (χ2v) is 4.40. The van der Waals surface area contributed by atoms with Crippen LogP contribution in [0.3, 0.4) is 0 Å². The number of halogens is 2. The topological polar surface area (TPSA) is 98.1 Å². The maximum atomic E-state index is 8.78. The van der Waals surface area contributed by atoms with E-state index in [2.05, 4.69) is 15.1 Å². The van der Waals surface area contributed by atoms with E-state index in [1.807, 2.05) is 0 Å². The summed E-state index contributed by atoms with van der Waals surface area (Å²) in [4.78, 5) is 8.11. The Balaban J connectivity index is 2.29. The highest BCUT2D eigenvalue weighted by atomic mass is 35.5. The van der Waals surface area contributed by atoms with E-state index in [0.29, 0.717) is 22.2 Å². The molecule has 2 heterocycles. The van der Waals surface area contributed by atoms with Crippen LogP contribution in [0, 0.1) is 0 Å². The van der Waals surface area contributed by atoms with Crippen molar-refractivity contribution in [2.45, 2.75) is 12.5 Å². The van der Waals surface area contributed by atoms with Gasteiger partial charge >= 0.3 is 0 Å². The van der Waals surface area contributed by atoms with Crippen LogP contribution in [0.25, 0.3) is 11.5 Å². The molecule has 0 aromatic carbocycles. The lowest BCUT2D eigenvalue weighted by Gasteiger charge is -2.01. The molecule has 0 fully saturated rings. The van der Waals surface area contributed by atoms with E-state index < -0.39 is 6.04 Å². The molecule has 96 valence electrons. The van der Waals surface area contributed by atoms with Crippen LogP contribution in [-0.2, 0) is 0 Å². The van der Waals surface area contributed by atoms with Crippen LogP contribution in [0.2, 0.25) is 10.0 Å². The Kier molecular flexibility index (Phi) is 4.13. The van der Waals surface area contributed by atoms with Crippen LogP contribution < -0.4 is 5.73 Å². The molecule has 0 aliphatic heterocycles. The molecular weight excluding hydrogens is 279 g/mol. The normalized spacial score (nSPS) is 12.7. The van der Waals surface area contributed by atoms with Crippen LogP contribution in [0.5, 0.6) is 0 Å². The molecule has 0 amide bonds. The van der Waals surface area contributed by atoms with Crippen molar-refractivity contribution < 1.29 is 9.63 Å². The van der Waals surface area contributed by atoms with Gasteiger partial charge in [-0.25, -0.2) is 4.98 Å². The minimum atomic E-state index is -0.512. The van der Waals surface area contributed by atoms with Gasteiger partial charge in [-0.3, -0.25) is 0 Å². The van der Waals surface area contributed by atoms with Gasteiger partial charge in [0.25, 0.3) is 0 Å². The molecule has 1 atom stereocenters. The maximum absolute atomic E-state index is 8.78. The molecule has 8 heteroatoms. The minimum Gasteiger partial charge on any atom is -0.396 e. The van der Waals surface area contributed by atoms with Gasteiger partial charge in [-0.2, -0.15) is 4.98 Å². The highest BCUT2D eigenvalue weighted by Crippen LogP contribution is 2.26. The minimum absolute atomic E-state index is 0.0567. The summed E-state index contributed by atoms with van der Waals surface area (Å²) in [5.74, 6) is 0.465. The van der Waals surface area contributed by atoms with Crippen molar-refractivity contribution in [3.05, 3.63) is 28.2 Å². The van der Waals surface area contributed by atoms with E-state index in [-0.39, 0.29) is 18.3 Å². The summed E-state index contributed by atoms with van der Waals surface area (Å²) in [5.41, 5.74) is 6.10. The molecular formula is C10H10Cl2N4O2. The van der Waals surface area contributed by atoms with Crippen molar-refractivity contribution in [3.63, 3.8) is 0 Å². The van der Waals surface area contributed by atoms with E-state index in [1.165, 1.54) is 12.3 Å². The number of rotatable bonds is 4. The van der Waals surface area contributed by atoms with Gasteiger partial charge in [-0.05, 0) is 12.5 Å². The third-order valence-electron chi connectivity index (χ3n) is 2.22. The zero-order chi connectivity index (χ0) is 13.1. The summed E-state index contributed by atoms with van der Waals surface area (Å²) in [6, 6.07) is 1.03. The number of aliphatic hydroxyl groups is 1. The van der Waals surface area contributed by atoms with Crippen LogP contribution in [0.4, 0.5) is 0 Å². The Morgan fingerprint density at radius 1 is 1.44 bits per heavy atom. The monoisotopic (exact) mass is 288 g/mol. The second kappa shape index (κ2) is 5.62. The zero-order valence-electron chi connectivity index (χ0n) is 9.18. The SMILES string of the molecule is NC(CCO)c1nc(-c2ncc(Cl)cc2Cl)no1. The largest absolute Gasteiger partial charge is 0.396 e. The molecule has 2 rings (SSSR count). The number of nitrogens with zero attached hydrogens (tertiary/aromatic N) is 3. The third-order valence-corrected chi connectivity index (χ3v) is 2.71. The summed E-state index contributed by atoms with van der Waals surface area (Å²) in [5, 5.41) is 13.3. The van der Waals surface area contributed by atoms with Crippen molar-refractivity contribution >= 4 is 23.2 Å². The fraction of sp³-hybridized carbons (Fsp3) is 0.300. The molecule has 0 bridgehead atoms. The highest BCUT2D eigenvalue weighted by Gasteiger charge is 2.17. The first-order valence-electron chi connectivity index (χ1n) is 5.13. The molecule has 0 spiro atoms. The highest BCUT2D eigenvalue weighted by molar-refractivity contribution is 6.35. The maximum Gasteiger partial charge on any atom is 0.244 e. The van der Waals surface area contributed by atoms with Gasteiger partial charge in [0.2, 0.25) is 11.7 Å². The summed E-state index contributed by atoms with van der Waals surface area (Å²) >= 11 is 11.7. The fourth-order valence-electron chi connectivity index (χ4n) is 1.32. The van der Waals surface area contributed by atoms with E-state index in [0.717, 1.165) is 0 Å². The predicted octanol–water partition coefficient (Wildman–Crippen LogP) is 1.82. The van der Waals surface area contributed by atoms with E-state index in [9.17, 15) is 0 Å². The van der Waals surface area contributed by atoms with E-state index in [1.54, 1.807) is 0 Å². The number of pyridine rings is 1. The number of hydrogen-bond donors (Lipinski definition) is 2. The second-order valence-electron chi connectivity index (χ2n) is 3.56. The molecule has 0 saturated carbocycles. The number of hydrogen-bond acceptors (Lipinski definition) is 6. The first kappa shape index (κ1) is 13.2. The molecule has 0 aliphatic rings. The lowest BCUT2D eigenvalue weighted by Crippen LogP contribution is -2.12. The van der Waals surface area contributed by atoms with E-state index in [4.69, 9.17) is 38.6 Å². The average Bonchev–Trinajstić information content (AvgIpc) is 2.78. The molecule has 18 heavy (non-hydrogen) atoms. The average molecular weight is 289 g/mol. The van der Waals surface area contributed by atoms with Crippen LogP contribution in [0.15, 0.2) is 16.8 Å². The van der Waals surface area contributed by atoms with Gasteiger partial charge in [0.1, 0.15) is 5.69 Å². The van der Waals surface area contributed by atoms with Crippen molar-refractivity contribution in [3.8, 4) is 11.5 Å². The molecule has 0 aliphatic carbocycles. The molecule has 3 N–H and O–H groups in total. The Morgan fingerprint density at radius 2 is 2.22 bits per heavy atom. The Morgan fingerprint density at radius 3 is 2.89 bits per heavy atom. The van der Waals surface area contributed by atoms with Gasteiger partial charge < -0.3 is 15.4 Å². The first-order chi connectivity index (χ1) is 8.61. The Bertz CT molecular complexity index is 546. The number of nitrogens with two attached hydrogens (primary N) is 1. The molecule has 6 nitrogen and oxygen atoms in total. The molecule has 2 aromatic heterocycles. The molecule has 1 unspecified atom stereocenters. The molecule has 0 radical (unpaired) electrons. The van der Waals surface area contributed by atoms with Crippen LogP contribution >= 0.6 is 23.2 Å². The van der Waals surface area contributed by atoms with Gasteiger partial charge in [0.05, 0.1) is 16.1 Å². The van der Waals surface area contributed by atoms with Crippen molar-refractivity contribution in [2.75, 3.05) is 6.61 Å². The van der Waals surface area contributed by atoms with Crippen molar-refractivity contribution in [1.82, 2.24) is 15.1 Å². The Hall–Kier alpha value is -1.21. The van der Waals surface area contributed by atoms with Crippen LogP contribution in [-0.4, -0.2) is 26.8 Å². The first-order valence-corrected chi connectivity index (χ1v) is 5.89. The summed E-state index contributed by atoms with van der Waals surface area (Å²) in [6.45, 7) is -0.0567. The summed E-state index contributed by atoms with van der Waals surface area (Å²) < 4.78 is 4.99. The van der Waals surface area contributed by atoms with Crippen molar-refractivity contribution in [1.29, 1.82) is 0 Å². The quantitative estimate of drug-likeness (QED) is 0.890. The van der Waals surface area contributed by atoms with Gasteiger partial charge in [-0.15, -0.1) is 0 Å². The van der Waals surface area contributed by atoms with Gasteiger partial charge in [0.15, 0.2) is 0 Å². The van der Waals surface area contributed by atoms with Gasteiger partial charge in [0, 0.05) is 12.8 Å². The van der Waals surface area contributed by atoms with Crippen molar-refractivity contribution in [2.24, 2.45) is 5.73 Å². The smallest absolute Gasteiger partial charge is 0.244 e. The summed E-state index contributed by atoms with van der Waals surface area (Å²) in [7, 11) is 0. The van der Waals surface area contributed by atoms with E-state index >= 15 is 0 Å².